The van der Waals surface area contributed by atoms with Gasteiger partial charge >= 0.3 is 0 Å². The van der Waals surface area contributed by atoms with Gasteiger partial charge in [0, 0.05) is 44.3 Å². The first-order valence-corrected chi connectivity index (χ1v) is 7.61. The van der Waals surface area contributed by atoms with Crippen molar-refractivity contribution in [1.29, 1.82) is 0 Å². The number of hydrogen-bond donors (Lipinski definition) is 0. The zero-order chi connectivity index (χ0) is 13.2. The van der Waals surface area contributed by atoms with Crippen LogP contribution in [0.5, 0.6) is 0 Å². The lowest BCUT2D eigenvalue weighted by Crippen LogP contribution is -2.47. The quantitative estimate of drug-likeness (QED) is 0.783. The molecule has 1 saturated heterocycles. The Morgan fingerprint density at radius 2 is 1.84 bits per heavy atom. The van der Waals surface area contributed by atoms with E-state index in [0.29, 0.717) is 5.88 Å². The van der Waals surface area contributed by atoms with Crippen LogP contribution in [-0.2, 0) is 5.88 Å². The Balaban J connectivity index is 1.62. The SMILES string of the molecule is Fc1cc(CCl)cc(N2CCN(CC3CC3)CC2)c1. The Morgan fingerprint density at radius 1 is 1.11 bits per heavy atom. The summed E-state index contributed by atoms with van der Waals surface area (Å²) >= 11 is 5.80. The molecule has 19 heavy (non-hydrogen) atoms. The Labute approximate surface area is 119 Å². The highest BCUT2D eigenvalue weighted by atomic mass is 35.5. The monoisotopic (exact) mass is 282 g/mol. The van der Waals surface area contributed by atoms with Gasteiger partial charge in [-0.25, -0.2) is 4.39 Å². The Hall–Kier alpha value is -0.800. The van der Waals surface area contributed by atoms with E-state index in [1.165, 1.54) is 25.5 Å². The van der Waals surface area contributed by atoms with E-state index in [1.807, 2.05) is 6.07 Å². The molecule has 1 aromatic carbocycles. The fourth-order valence-electron chi connectivity index (χ4n) is 2.75. The first kappa shape index (κ1) is 13.2. The van der Waals surface area contributed by atoms with E-state index in [-0.39, 0.29) is 5.82 Å². The average molecular weight is 283 g/mol. The van der Waals surface area contributed by atoms with Gasteiger partial charge in [0.1, 0.15) is 5.82 Å². The Kier molecular flexibility index (Phi) is 3.94. The van der Waals surface area contributed by atoms with Crippen molar-refractivity contribution < 1.29 is 4.39 Å². The summed E-state index contributed by atoms with van der Waals surface area (Å²) in [6, 6.07) is 5.14. The standard InChI is InChI=1S/C15H20ClFN2/c16-10-13-7-14(17)9-15(8-13)19-5-3-18(4-6-19)11-12-1-2-12/h7-9,12H,1-6,10-11H2. The van der Waals surface area contributed by atoms with Gasteiger partial charge in [0.2, 0.25) is 0 Å². The van der Waals surface area contributed by atoms with Crippen LogP contribution in [0, 0.1) is 11.7 Å². The molecule has 1 aliphatic carbocycles. The average Bonchev–Trinajstić information content (AvgIpc) is 3.23. The molecule has 4 heteroatoms. The molecular formula is C15H20ClFN2. The third-order valence-corrected chi connectivity index (χ3v) is 4.36. The van der Waals surface area contributed by atoms with E-state index in [0.717, 1.165) is 43.3 Å². The first-order valence-electron chi connectivity index (χ1n) is 7.07. The van der Waals surface area contributed by atoms with Crippen LogP contribution >= 0.6 is 11.6 Å². The molecule has 0 spiro atoms. The third kappa shape index (κ3) is 3.40. The van der Waals surface area contributed by atoms with E-state index >= 15 is 0 Å². The van der Waals surface area contributed by atoms with Crippen molar-refractivity contribution in [2.45, 2.75) is 18.7 Å². The van der Waals surface area contributed by atoms with Crippen molar-refractivity contribution in [2.24, 2.45) is 5.92 Å². The second-order valence-electron chi connectivity index (χ2n) is 5.68. The number of halogens is 2. The van der Waals surface area contributed by atoms with E-state index < -0.39 is 0 Å². The van der Waals surface area contributed by atoms with Crippen LogP contribution in [0.3, 0.4) is 0 Å². The van der Waals surface area contributed by atoms with Gasteiger partial charge in [-0.3, -0.25) is 4.90 Å². The maximum absolute atomic E-state index is 13.5. The Morgan fingerprint density at radius 3 is 2.47 bits per heavy atom. The molecule has 2 aliphatic rings. The van der Waals surface area contributed by atoms with Gasteiger partial charge in [0.05, 0.1) is 0 Å². The summed E-state index contributed by atoms with van der Waals surface area (Å²) in [5.74, 6) is 1.13. The summed E-state index contributed by atoms with van der Waals surface area (Å²) in [5, 5.41) is 0. The maximum Gasteiger partial charge on any atom is 0.125 e. The lowest BCUT2D eigenvalue weighted by atomic mass is 10.1. The predicted octanol–water partition coefficient (Wildman–Crippen LogP) is 3.10. The minimum atomic E-state index is -0.187. The Bertz CT molecular complexity index is 440. The van der Waals surface area contributed by atoms with E-state index in [9.17, 15) is 4.39 Å². The molecule has 1 aliphatic heterocycles. The first-order chi connectivity index (χ1) is 9.24. The fourth-order valence-corrected chi connectivity index (χ4v) is 2.90. The number of hydrogen-bond acceptors (Lipinski definition) is 2. The zero-order valence-electron chi connectivity index (χ0n) is 11.1. The van der Waals surface area contributed by atoms with Crippen molar-refractivity contribution in [1.82, 2.24) is 4.90 Å². The molecule has 2 fully saturated rings. The number of alkyl halides is 1. The molecule has 1 aromatic rings. The molecule has 104 valence electrons. The summed E-state index contributed by atoms with van der Waals surface area (Å²) < 4.78 is 13.5. The molecule has 1 saturated carbocycles. The molecule has 0 aromatic heterocycles. The van der Waals surface area contributed by atoms with Crippen LogP contribution in [0.15, 0.2) is 18.2 Å². The highest BCUT2D eigenvalue weighted by Crippen LogP contribution is 2.30. The maximum atomic E-state index is 13.5. The minimum Gasteiger partial charge on any atom is -0.369 e. The highest BCUT2D eigenvalue weighted by molar-refractivity contribution is 6.17. The van der Waals surface area contributed by atoms with E-state index in [4.69, 9.17) is 11.6 Å². The van der Waals surface area contributed by atoms with Crippen LogP contribution in [0.25, 0.3) is 0 Å². The largest absolute Gasteiger partial charge is 0.369 e. The van der Waals surface area contributed by atoms with E-state index in [1.54, 1.807) is 6.07 Å². The minimum absolute atomic E-state index is 0.187. The van der Waals surface area contributed by atoms with Crippen molar-refractivity contribution in [2.75, 3.05) is 37.6 Å². The van der Waals surface area contributed by atoms with Gasteiger partial charge in [-0.2, -0.15) is 0 Å². The van der Waals surface area contributed by atoms with Gasteiger partial charge in [0.25, 0.3) is 0 Å². The summed E-state index contributed by atoms with van der Waals surface area (Å²) in [6.45, 7) is 5.40. The normalized spacial score (nSPS) is 20.8. The fraction of sp³-hybridized carbons (Fsp3) is 0.600. The van der Waals surface area contributed by atoms with Crippen molar-refractivity contribution in [3.05, 3.63) is 29.6 Å². The van der Waals surface area contributed by atoms with Crippen molar-refractivity contribution >= 4 is 17.3 Å². The lowest BCUT2D eigenvalue weighted by Gasteiger charge is -2.36. The molecule has 0 bridgehead atoms. The van der Waals surface area contributed by atoms with Crippen molar-refractivity contribution in [3.63, 3.8) is 0 Å². The second-order valence-corrected chi connectivity index (χ2v) is 5.95. The molecule has 0 atom stereocenters. The number of nitrogens with zero attached hydrogens (tertiary/aromatic N) is 2. The van der Waals surface area contributed by atoms with Gasteiger partial charge in [0.15, 0.2) is 0 Å². The van der Waals surface area contributed by atoms with Gasteiger partial charge in [-0.15, -0.1) is 11.6 Å². The van der Waals surface area contributed by atoms with Crippen LogP contribution in [0.4, 0.5) is 10.1 Å². The zero-order valence-corrected chi connectivity index (χ0v) is 11.9. The molecule has 0 amide bonds. The molecule has 2 nitrogen and oxygen atoms in total. The summed E-state index contributed by atoms with van der Waals surface area (Å²) in [7, 11) is 0. The van der Waals surface area contributed by atoms with Gasteiger partial charge < -0.3 is 4.90 Å². The number of anilines is 1. The molecule has 1 heterocycles. The number of rotatable bonds is 4. The van der Waals surface area contributed by atoms with E-state index in [2.05, 4.69) is 9.80 Å². The van der Waals surface area contributed by atoms with Gasteiger partial charge in [-0.1, -0.05) is 0 Å². The molecule has 0 radical (unpaired) electrons. The second kappa shape index (κ2) is 5.68. The topological polar surface area (TPSA) is 6.48 Å². The van der Waals surface area contributed by atoms with Crippen LogP contribution < -0.4 is 4.90 Å². The summed E-state index contributed by atoms with van der Waals surface area (Å²) in [6.07, 6.45) is 2.81. The molecule has 0 unspecified atom stereocenters. The van der Waals surface area contributed by atoms with Crippen LogP contribution in [0.1, 0.15) is 18.4 Å². The lowest BCUT2D eigenvalue weighted by molar-refractivity contribution is 0.248. The summed E-state index contributed by atoms with van der Waals surface area (Å²) in [5.41, 5.74) is 1.83. The van der Waals surface area contributed by atoms with Gasteiger partial charge in [-0.05, 0) is 42.5 Å². The molecule has 0 N–H and O–H groups in total. The predicted molar refractivity (Wildman–Crippen MR) is 77.3 cm³/mol. The number of piperazine rings is 1. The third-order valence-electron chi connectivity index (χ3n) is 4.05. The molecular weight excluding hydrogens is 263 g/mol. The summed E-state index contributed by atoms with van der Waals surface area (Å²) in [4.78, 5) is 4.80. The molecule has 3 rings (SSSR count). The van der Waals surface area contributed by atoms with Crippen LogP contribution in [0.2, 0.25) is 0 Å². The van der Waals surface area contributed by atoms with Crippen LogP contribution in [-0.4, -0.2) is 37.6 Å². The highest BCUT2D eigenvalue weighted by Gasteiger charge is 2.26. The smallest absolute Gasteiger partial charge is 0.125 e. The van der Waals surface area contributed by atoms with Crippen molar-refractivity contribution in [3.8, 4) is 0 Å². The number of benzene rings is 1.